The van der Waals surface area contributed by atoms with Gasteiger partial charge in [0, 0.05) is 20.9 Å². The molecule has 0 atom stereocenters. The van der Waals surface area contributed by atoms with Crippen LogP contribution in [-0.4, -0.2) is 15.2 Å². The molecule has 0 aliphatic heterocycles. The molecule has 1 aromatic heterocycles. The fraction of sp³-hybridized carbons (Fsp3) is 0. The fourth-order valence-electron chi connectivity index (χ4n) is 1.72. The van der Waals surface area contributed by atoms with E-state index < -0.39 is 4.92 Å². The van der Waals surface area contributed by atoms with Crippen molar-refractivity contribution in [1.82, 2.24) is 10.3 Å². The zero-order chi connectivity index (χ0) is 14.1. The molecule has 8 heteroatoms. The molecule has 1 heterocycles. The second kappa shape index (κ2) is 5.10. The van der Waals surface area contributed by atoms with Crippen LogP contribution in [-0.2, 0) is 0 Å². The van der Waals surface area contributed by atoms with E-state index in [4.69, 9.17) is 11.6 Å². The number of hydrogen-bond acceptors (Lipinski definition) is 6. The van der Waals surface area contributed by atoms with E-state index in [1.807, 2.05) is 12.1 Å². The number of benzene rings is 2. The van der Waals surface area contributed by atoms with Gasteiger partial charge in [-0.2, -0.15) is 0 Å². The van der Waals surface area contributed by atoms with E-state index in [0.29, 0.717) is 15.4 Å². The van der Waals surface area contributed by atoms with Gasteiger partial charge in [0.05, 0.1) is 4.92 Å². The molecule has 100 valence electrons. The van der Waals surface area contributed by atoms with Gasteiger partial charge in [-0.1, -0.05) is 29.4 Å². The maximum Gasteiger partial charge on any atom is 0.300 e. The quantitative estimate of drug-likeness (QED) is 0.538. The first-order valence-electron chi connectivity index (χ1n) is 5.48. The summed E-state index contributed by atoms with van der Waals surface area (Å²) in [7, 11) is 0. The Hall–Kier alpha value is -2.12. The number of hydrogen-bond donors (Lipinski definition) is 0. The predicted molar refractivity (Wildman–Crippen MR) is 74.0 cm³/mol. The van der Waals surface area contributed by atoms with Crippen molar-refractivity contribution in [3.05, 3.63) is 51.5 Å². The summed E-state index contributed by atoms with van der Waals surface area (Å²) < 4.78 is 4.61. The molecule has 3 aromatic rings. The second-order valence-corrected chi connectivity index (χ2v) is 5.41. The van der Waals surface area contributed by atoms with Crippen molar-refractivity contribution in [3.63, 3.8) is 0 Å². The topological polar surface area (TPSA) is 82.1 Å². The lowest BCUT2D eigenvalue weighted by Gasteiger charge is -2.02. The van der Waals surface area contributed by atoms with Crippen LogP contribution in [0.2, 0.25) is 5.02 Å². The van der Waals surface area contributed by atoms with E-state index in [-0.39, 0.29) is 11.2 Å². The Morgan fingerprint density at radius 2 is 2.00 bits per heavy atom. The lowest BCUT2D eigenvalue weighted by molar-refractivity contribution is -0.383. The van der Waals surface area contributed by atoms with Gasteiger partial charge < -0.3 is 0 Å². The average Bonchev–Trinajstić information content (AvgIpc) is 2.88. The highest BCUT2D eigenvalue weighted by molar-refractivity contribution is 7.99. The third kappa shape index (κ3) is 2.33. The van der Waals surface area contributed by atoms with Crippen LogP contribution in [0.1, 0.15) is 0 Å². The van der Waals surface area contributed by atoms with Crippen LogP contribution in [0.4, 0.5) is 5.69 Å². The molecule has 0 spiro atoms. The normalized spacial score (nSPS) is 10.8. The number of rotatable bonds is 3. The Morgan fingerprint density at radius 1 is 1.20 bits per heavy atom. The summed E-state index contributed by atoms with van der Waals surface area (Å²) in [5, 5.41) is 18.8. The number of nitro groups is 1. The molecule has 0 bridgehead atoms. The zero-order valence-corrected chi connectivity index (χ0v) is 11.4. The van der Waals surface area contributed by atoms with Gasteiger partial charge in [-0.3, -0.25) is 10.1 Å². The van der Waals surface area contributed by atoms with Crippen molar-refractivity contribution in [3.8, 4) is 0 Å². The number of non-ortho nitro benzene ring substituents is 1. The largest absolute Gasteiger partial charge is 0.300 e. The zero-order valence-electron chi connectivity index (χ0n) is 9.82. The van der Waals surface area contributed by atoms with Crippen molar-refractivity contribution in [2.75, 3.05) is 0 Å². The SMILES string of the molecule is O=[N+]([O-])c1ccc(Sc2cccc(Cl)c2)c2nonc12. The third-order valence-corrected chi connectivity index (χ3v) is 3.85. The maximum absolute atomic E-state index is 10.9. The summed E-state index contributed by atoms with van der Waals surface area (Å²) in [6.07, 6.45) is 0. The standard InChI is InChI=1S/C12H6ClN3O3S/c13-7-2-1-3-8(6-7)20-10-5-4-9(16(17)18)11-12(10)15-19-14-11/h1-6H. The van der Waals surface area contributed by atoms with Crippen LogP contribution in [0.5, 0.6) is 0 Å². The van der Waals surface area contributed by atoms with Gasteiger partial charge in [-0.05, 0) is 34.6 Å². The van der Waals surface area contributed by atoms with E-state index in [0.717, 1.165) is 4.90 Å². The van der Waals surface area contributed by atoms with Gasteiger partial charge in [0.1, 0.15) is 0 Å². The van der Waals surface area contributed by atoms with Crippen LogP contribution >= 0.6 is 23.4 Å². The van der Waals surface area contributed by atoms with Gasteiger partial charge in [0.15, 0.2) is 5.52 Å². The Balaban J connectivity index is 2.07. The fourth-order valence-corrected chi connectivity index (χ4v) is 2.93. The van der Waals surface area contributed by atoms with E-state index >= 15 is 0 Å². The smallest absolute Gasteiger partial charge is 0.258 e. The number of aromatic nitrogens is 2. The Kier molecular flexibility index (Phi) is 3.29. The van der Waals surface area contributed by atoms with Gasteiger partial charge in [-0.15, -0.1) is 0 Å². The first-order chi connectivity index (χ1) is 9.65. The molecule has 2 aromatic carbocycles. The summed E-state index contributed by atoms with van der Waals surface area (Å²) >= 11 is 7.31. The minimum absolute atomic E-state index is 0.128. The van der Waals surface area contributed by atoms with Gasteiger partial charge in [-0.25, -0.2) is 4.63 Å². The molecule has 0 unspecified atom stereocenters. The molecule has 20 heavy (non-hydrogen) atoms. The van der Waals surface area contributed by atoms with Crippen LogP contribution in [0.15, 0.2) is 50.8 Å². The second-order valence-electron chi connectivity index (χ2n) is 3.86. The number of fused-ring (bicyclic) bond motifs is 1. The van der Waals surface area contributed by atoms with Crippen LogP contribution in [0.3, 0.4) is 0 Å². The van der Waals surface area contributed by atoms with Crippen LogP contribution in [0, 0.1) is 10.1 Å². The molecule has 0 saturated carbocycles. The van der Waals surface area contributed by atoms with Crippen molar-refractivity contribution in [2.45, 2.75) is 9.79 Å². The summed E-state index contributed by atoms with van der Waals surface area (Å²) in [6, 6.07) is 10.3. The molecule has 0 N–H and O–H groups in total. The molecule has 6 nitrogen and oxygen atoms in total. The Morgan fingerprint density at radius 3 is 2.75 bits per heavy atom. The van der Waals surface area contributed by atoms with Crippen molar-refractivity contribution in [2.24, 2.45) is 0 Å². The summed E-state index contributed by atoms with van der Waals surface area (Å²) in [5.41, 5.74) is 0.378. The minimum Gasteiger partial charge on any atom is -0.258 e. The summed E-state index contributed by atoms with van der Waals surface area (Å²) in [4.78, 5) is 12.0. The molecule has 0 radical (unpaired) electrons. The maximum atomic E-state index is 10.9. The van der Waals surface area contributed by atoms with E-state index in [9.17, 15) is 10.1 Å². The minimum atomic E-state index is -0.514. The number of nitro benzene ring substituents is 1. The summed E-state index contributed by atoms with van der Waals surface area (Å²) in [5.74, 6) is 0. The van der Waals surface area contributed by atoms with E-state index in [2.05, 4.69) is 14.9 Å². The Labute approximate surface area is 121 Å². The predicted octanol–water partition coefficient (Wildman–Crippen LogP) is 3.94. The van der Waals surface area contributed by atoms with Gasteiger partial charge in [0.25, 0.3) is 0 Å². The monoisotopic (exact) mass is 307 g/mol. The molecular weight excluding hydrogens is 302 g/mol. The number of halogens is 1. The first kappa shape index (κ1) is 12.9. The van der Waals surface area contributed by atoms with Crippen LogP contribution in [0.25, 0.3) is 11.0 Å². The third-order valence-electron chi connectivity index (χ3n) is 2.58. The molecule has 0 saturated heterocycles. The number of nitrogens with zero attached hydrogens (tertiary/aromatic N) is 3. The lowest BCUT2D eigenvalue weighted by Crippen LogP contribution is -1.90. The molecule has 0 amide bonds. The van der Waals surface area contributed by atoms with Crippen molar-refractivity contribution in [1.29, 1.82) is 0 Å². The van der Waals surface area contributed by atoms with E-state index in [1.165, 1.54) is 17.8 Å². The van der Waals surface area contributed by atoms with Gasteiger partial charge >= 0.3 is 5.69 Å². The highest BCUT2D eigenvalue weighted by Gasteiger charge is 2.19. The Bertz CT molecular complexity index is 805. The highest BCUT2D eigenvalue weighted by atomic mass is 35.5. The van der Waals surface area contributed by atoms with Crippen LogP contribution < -0.4 is 0 Å². The molecule has 0 aliphatic carbocycles. The lowest BCUT2D eigenvalue weighted by atomic mass is 10.3. The molecule has 3 rings (SSSR count). The molecule has 0 aliphatic rings. The molecular formula is C12H6ClN3O3S. The van der Waals surface area contributed by atoms with E-state index in [1.54, 1.807) is 18.2 Å². The first-order valence-corrected chi connectivity index (χ1v) is 6.67. The average molecular weight is 308 g/mol. The molecule has 0 fully saturated rings. The van der Waals surface area contributed by atoms with Crippen molar-refractivity contribution < 1.29 is 9.55 Å². The summed E-state index contributed by atoms with van der Waals surface area (Å²) in [6.45, 7) is 0. The highest BCUT2D eigenvalue weighted by Crippen LogP contribution is 2.36. The van der Waals surface area contributed by atoms with Gasteiger partial charge in [0.2, 0.25) is 5.52 Å². The van der Waals surface area contributed by atoms with Crippen molar-refractivity contribution >= 4 is 40.1 Å².